The van der Waals surface area contributed by atoms with Gasteiger partial charge in [0, 0.05) is 12.8 Å². The van der Waals surface area contributed by atoms with Crippen LogP contribution in [0.4, 0.5) is 0 Å². The van der Waals surface area contributed by atoms with Gasteiger partial charge in [-0.25, -0.2) is 0 Å². The summed E-state index contributed by atoms with van der Waals surface area (Å²) in [7, 11) is 0. The first-order chi connectivity index (χ1) is 20.6. The van der Waals surface area contributed by atoms with Crippen LogP contribution in [0.25, 0.3) is 0 Å². The number of allylic oxidation sites excluding steroid dienone is 1. The first kappa shape index (κ1) is 41.0. The normalized spacial score (nSPS) is 12.0. The zero-order chi connectivity index (χ0) is 30.8. The van der Waals surface area contributed by atoms with Gasteiger partial charge in [0.15, 0.2) is 0 Å². The van der Waals surface area contributed by atoms with Gasteiger partial charge in [-0.2, -0.15) is 0 Å². The van der Waals surface area contributed by atoms with Gasteiger partial charge in [-0.05, 0) is 25.7 Å². The summed E-state index contributed by atoms with van der Waals surface area (Å²) in [6.07, 6.45) is 38.7. The zero-order valence-electron chi connectivity index (χ0n) is 29.1. The van der Waals surface area contributed by atoms with E-state index in [9.17, 15) is 4.79 Å². The summed E-state index contributed by atoms with van der Waals surface area (Å²) in [6.45, 7) is 11.5. The molecule has 0 aliphatic rings. The van der Waals surface area contributed by atoms with E-state index in [1.54, 1.807) is 0 Å². The molecule has 0 aromatic rings. The van der Waals surface area contributed by atoms with E-state index in [2.05, 4.69) is 27.4 Å². The van der Waals surface area contributed by atoms with E-state index in [1.165, 1.54) is 154 Å². The van der Waals surface area contributed by atoms with Crippen LogP contribution in [0.3, 0.4) is 0 Å². The average molecular weight is 593 g/mol. The second kappa shape index (κ2) is 34.5. The Bertz CT molecular complexity index is 558. The fourth-order valence-corrected chi connectivity index (χ4v) is 5.78. The van der Waals surface area contributed by atoms with Crippen molar-refractivity contribution in [3.63, 3.8) is 0 Å². The molecule has 1 unspecified atom stereocenters. The Morgan fingerprint density at radius 1 is 0.476 bits per heavy atom. The third kappa shape index (κ3) is 31.9. The van der Waals surface area contributed by atoms with E-state index in [0.717, 1.165) is 44.3 Å². The summed E-state index contributed by atoms with van der Waals surface area (Å²) >= 11 is 0. The quantitative estimate of drug-likeness (QED) is 0.0417. The summed E-state index contributed by atoms with van der Waals surface area (Å²) in [5.74, 6) is 0.823. The molecule has 0 aromatic carbocycles. The zero-order valence-corrected chi connectivity index (χ0v) is 29.1. The average Bonchev–Trinajstić information content (AvgIpc) is 2.99. The van der Waals surface area contributed by atoms with E-state index in [-0.39, 0.29) is 12.1 Å². The van der Waals surface area contributed by atoms with E-state index in [4.69, 9.17) is 9.47 Å². The Morgan fingerprint density at radius 3 is 1.21 bits per heavy atom. The highest BCUT2D eigenvalue weighted by atomic mass is 16.6. The Morgan fingerprint density at radius 2 is 0.810 bits per heavy atom. The monoisotopic (exact) mass is 593 g/mol. The van der Waals surface area contributed by atoms with Gasteiger partial charge in [0.2, 0.25) is 0 Å². The van der Waals surface area contributed by atoms with Crippen molar-refractivity contribution < 1.29 is 14.3 Å². The molecular weight excluding hydrogens is 516 g/mol. The highest BCUT2D eigenvalue weighted by Crippen LogP contribution is 2.18. The van der Waals surface area contributed by atoms with Gasteiger partial charge in [0.1, 0.15) is 12.7 Å². The molecule has 0 N–H and O–H groups in total. The lowest BCUT2D eigenvalue weighted by molar-refractivity contribution is -0.152. The fourth-order valence-electron chi connectivity index (χ4n) is 5.78. The fraction of sp³-hybridized carbons (Fsp3) is 0.923. The van der Waals surface area contributed by atoms with Crippen molar-refractivity contribution in [2.24, 2.45) is 0 Å². The molecule has 0 fully saturated rings. The Hall–Kier alpha value is -0.990. The lowest BCUT2D eigenvalue weighted by Gasteiger charge is -2.20. The summed E-state index contributed by atoms with van der Waals surface area (Å²) in [4.78, 5) is 12.6. The summed E-state index contributed by atoms with van der Waals surface area (Å²) in [6, 6.07) is 0. The van der Waals surface area contributed by atoms with Crippen molar-refractivity contribution in [1.82, 2.24) is 0 Å². The van der Waals surface area contributed by atoms with Gasteiger partial charge in [-0.15, -0.1) is 0 Å². The first-order valence-electron chi connectivity index (χ1n) is 19.1. The van der Waals surface area contributed by atoms with Crippen LogP contribution in [0.15, 0.2) is 12.3 Å². The molecule has 0 bridgehead atoms. The van der Waals surface area contributed by atoms with Crippen molar-refractivity contribution in [2.75, 3.05) is 6.61 Å². The molecule has 3 nitrogen and oxygen atoms in total. The Labute approximate surface area is 264 Å². The van der Waals surface area contributed by atoms with Crippen LogP contribution < -0.4 is 0 Å². The Balaban J connectivity index is 4.19. The highest BCUT2D eigenvalue weighted by molar-refractivity contribution is 5.69. The van der Waals surface area contributed by atoms with Crippen LogP contribution in [0.5, 0.6) is 0 Å². The van der Waals surface area contributed by atoms with Crippen LogP contribution in [0, 0.1) is 0 Å². The summed E-state index contributed by atoms with van der Waals surface area (Å²) < 4.78 is 12.0. The third-order valence-electron chi connectivity index (χ3n) is 8.69. The van der Waals surface area contributed by atoms with Gasteiger partial charge < -0.3 is 9.47 Å². The van der Waals surface area contributed by atoms with E-state index < -0.39 is 0 Å². The third-order valence-corrected chi connectivity index (χ3v) is 8.69. The number of carbonyl (C=O) groups excluding carboxylic acids is 1. The summed E-state index contributed by atoms with van der Waals surface area (Å²) in [5.41, 5.74) is 0. The molecule has 0 saturated carbocycles. The number of rotatable bonds is 35. The number of carbonyl (C=O) groups is 1. The number of hydrogen-bond donors (Lipinski definition) is 0. The smallest absolute Gasteiger partial charge is 0.306 e. The van der Waals surface area contributed by atoms with Gasteiger partial charge in [-0.3, -0.25) is 4.79 Å². The minimum absolute atomic E-state index is 0.0387. The topological polar surface area (TPSA) is 35.5 Å². The van der Waals surface area contributed by atoms with Crippen LogP contribution >= 0.6 is 0 Å². The molecule has 0 rings (SSSR count). The van der Waals surface area contributed by atoms with Crippen molar-refractivity contribution in [2.45, 2.75) is 226 Å². The molecule has 0 aliphatic carbocycles. The molecule has 0 saturated heterocycles. The van der Waals surface area contributed by atoms with Crippen LogP contribution in [0.2, 0.25) is 0 Å². The molecule has 0 radical (unpaired) electrons. The molecule has 1 atom stereocenters. The van der Waals surface area contributed by atoms with Crippen molar-refractivity contribution in [3.05, 3.63) is 12.3 Å². The maximum Gasteiger partial charge on any atom is 0.306 e. The molecule has 0 spiro atoms. The largest absolute Gasteiger partial charge is 0.495 e. The maximum atomic E-state index is 12.6. The minimum atomic E-state index is -0.134. The van der Waals surface area contributed by atoms with Crippen molar-refractivity contribution >= 4 is 5.97 Å². The minimum Gasteiger partial charge on any atom is -0.495 e. The SMILES string of the molecule is C=C(CCCCCCCCCCC)OCC(CCCCCCCCCCCC)OC(=O)CCCCCCCCCCC. The molecule has 250 valence electrons. The Kier molecular flexibility index (Phi) is 33.7. The van der Waals surface area contributed by atoms with Crippen molar-refractivity contribution in [1.29, 1.82) is 0 Å². The molecule has 3 heteroatoms. The number of unbranched alkanes of at least 4 members (excludes halogenated alkanes) is 25. The standard InChI is InChI=1S/C39H76O3/c1-5-8-11-14-17-20-23-25-28-31-34-38(42-39(40)35-32-29-26-22-19-16-13-10-7-3)36-41-37(4)33-30-27-24-21-18-15-12-9-6-2/h38H,4-36H2,1-3H3. The van der Waals surface area contributed by atoms with Gasteiger partial charge >= 0.3 is 5.97 Å². The first-order valence-corrected chi connectivity index (χ1v) is 19.1. The lowest BCUT2D eigenvalue weighted by Crippen LogP contribution is -2.23. The molecule has 0 amide bonds. The van der Waals surface area contributed by atoms with E-state index in [0.29, 0.717) is 13.0 Å². The molecular formula is C39H76O3. The predicted octanol–water partition coefficient (Wildman–Crippen LogP) is 13.6. The van der Waals surface area contributed by atoms with E-state index >= 15 is 0 Å². The summed E-state index contributed by atoms with van der Waals surface area (Å²) in [5, 5.41) is 0. The number of hydrogen-bond acceptors (Lipinski definition) is 3. The second-order valence-corrected chi connectivity index (χ2v) is 13.1. The predicted molar refractivity (Wildman–Crippen MR) is 185 cm³/mol. The number of ether oxygens (including phenoxy) is 2. The number of esters is 1. The van der Waals surface area contributed by atoms with Gasteiger partial charge in [0.05, 0.1) is 5.76 Å². The van der Waals surface area contributed by atoms with Gasteiger partial charge in [-0.1, -0.05) is 188 Å². The molecule has 0 aliphatic heterocycles. The van der Waals surface area contributed by atoms with Crippen molar-refractivity contribution in [3.8, 4) is 0 Å². The van der Waals surface area contributed by atoms with Crippen LogP contribution in [-0.4, -0.2) is 18.7 Å². The van der Waals surface area contributed by atoms with Crippen LogP contribution in [0.1, 0.15) is 220 Å². The van der Waals surface area contributed by atoms with Gasteiger partial charge in [0.25, 0.3) is 0 Å². The molecule has 42 heavy (non-hydrogen) atoms. The second-order valence-electron chi connectivity index (χ2n) is 13.1. The van der Waals surface area contributed by atoms with E-state index in [1.807, 2.05) is 0 Å². The molecule has 0 heterocycles. The molecule has 0 aromatic heterocycles. The highest BCUT2D eigenvalue weighted by Gasteiger charge is 2.16. The van der Waals surface area contributed by atoms with Crippen LogP contribution in [-0.2, 0) is 14.3 Å². The lowest BCUT2D eigenvalue weighted by atomic mass is 10.0. The maximum absolute atomic E-state index is 12.6.